The van der Waals surface area contributed by atoms with Crippen molar-refractivity contribution in [2.75, 3.05) is 5.32 Å². The molecule has 0 unspecified atom stereocenters. The number of hydrogen-bond acceptors (Lipinski definition) is 5. The zero-order chi connectivity index (χ0) is 18.5. The third-order valence-corrected chi connectivity index (χ3v) is 4.63. The Morgan fingerprint density at radius 2 is 1.54 bits per heavy atom. The predicted octanol–water partition coefficient (Wildman–Crippen LogP) is 1.90. The van der Waals surface area contributed by atoms with E-state index in [0.717, 1.165) is 0 Å². The van der Waals surface area contributed by atoms with E-state index >= 15 is 0 Å². The molecule has 1 amide bonds. The van der Waals surface area contributed by atoms with Crippen molar-refractivity contribution in [2.45, 2.75) is 51.7 Å². The Balaban J connectivity index is 2.73. The van der Waals surface area contributed by atoms with Gasteiger partial charge in [0.1, 0.15) is 0 Å². The van der Waals surface area contributed by atoms with Crippen LogP contribution in [0.5, 0.6) is 0 Å². The molecule has 1 atom stereocenters. The Hall–Kier alpha value is -1.93. The van der Waals surface area contributed by atoms with E-state index in [0.29, 0.717) is 5.69 Å². The number of carbonyl (C=O) groups is 2. The van der Waals surface area contributed by atoms with Crippen LogP contribution in [0.2, 0.25) is 0 Å². The van der Waals surface area contributed by atoms with Gasteiger partial charge in [0.15, 0.2) is 6.10 Å². The summed E-state index contributed by atoms with van der Waals surface area (Å²) in [5.41, 5.74) is 0.413. The normalized spacial score (nSPS) is 13.0. The van der Waals surface area contributed by atoms with Crippen molar-refractivity contribution in [2.24, 2.45) is 5.92 Å². The van der Waals surface area contributed by atoms with Gasteiger partial charge in [-0.1, -0.05) is 13.8 Å². The number of anilines is 1. The molecule has 0 fully saturated rings. The van der Waals surface area contributed by atoms with Crippen LogP contribution in [0.25, 0.3) is 0 Å². The van der Waals surface area contributed by atoms with Crippen molar-refractivity contribution in [1.82, 2.24) is 4.72 Å². The summed E-state index contributed by atoms with van der Waals surface area (Å²) in [5.74, 6) is -1.27. The van der Waals surface area contributed by atoms with Crippen molar-refractivity contribution in [3.05, 3.63) is 24.3 Å². The topological polar surface area (TPSA) is 102 Å². The first kappa shape index (κ1) is 20.1. The van der Waals surface area contributed by atoms with E-state index in [4.69, 9.17) is 4.74 Å². The average Bonchev–Trinajstić information content (AvgIpc) is 2.46. The molecule has 0 bridgehead atoms. The highest BCUT2D eigenvalue weighted by Crippen LogP contribution is 2.15. The van der Waals surface area contributed by atoms with Crippen LogP contribution >= 0.6 is 0 Å². The Kier molecular flexibility index (Phi) is 6.92. The maximum atomic E-state index is 12.0. The predicted molar refractivity (Wildman–Crippen MR) is 90.9 cm³/mol. The molecule has 0 aliphatic rings. The van der Waals surface area contributed by atoms with Crippen molar-refractivity contribution in [3.8, 4) is 0 Å². The maximum Gasteiger partial charge on any atom is 0.309 e. The zero-order valence-electron chi connectivity index (χ0n) is 14.5. The number of nitrogens with one attached hydrogen (secondary N) is 2. The van der Waals surface area contributed by atoms with Crippen molar-refractivity contribution in [3.63, 3.8) is 0 Å². The summed E-state index contributed by atoms with van der Waals surface area (Å²) in [5, 5.41) is 2.57. The first-order chi connectivity index (χ1) is 11.0. The summed E-state index contributed by atoms with van der Waals surface area (Å²) in [6, 6.07) is 5.52. The molecule has 0 saturated carbocycles. The fraction of sp³-hybridized carbons (Fsp3) is 0.500. The first-order valence-corrected chi connectivity index (χ1v) is 9.15. The summed E-state index contributed by atoms with van der Waals surface area (Å²) in [7, 11) is -3.58. The van der Waals surface area contributed by atoms with Gasteiger partial charge in [-0.05, 0) is 45.0 Å². The fourth-order valence-corrected chi connectivity index (χ4v) is 2.95. The Morgan fingerprint density at radius 1 is 1.00 bits per heavy atom. The molecular weight excluding hydrogens is 332 g/mol. The summed E-state index contributed by atoms with van der Waals surface area (Å²) < 4.78 is 31.5. The van der Waals surface area contributed by atoms with Crippen LogP contribution < -0.4 is 10.0 Å². The molecular formula is C16H24N2O5S. The number of carbonyl (C=O) groups excluding carboxylic acids is 2. The van der Waals surface area contributed by atoms with Gasteiger partial charge in [-0.15, -0.1) is 0 Å². The van der Waals surface area contributed by atoms with Gasteiger partial charge in [0, 0.05) is 11.7 Å². The summed E-state index contributed by atoms with van der Waals surface area (Å²) in [4.78, 5) is 23.6. The van der Waals surface area contributed by atoms with Gasteiger partial charge < -0.3 is 10.1 Å². The van der Waals surface area contributed by atoms with Crippen molar-refractivity contribution in [1.29, 1.82) is 0 Å². The standard InChI is InChI=1S/C16H24N2O5S/c1-10(2)16(20)23-12(5)15(19)17-13-6-8-14(9-7-13)24(21,22)18-11(3)4/h6-12,18H,1-5H3,(H,17,19)/t12-/m1/s1. The minimum Gasteiger partial charge on any atom is -0.452 e. The van der Waals surface area contributed by atoms with Crippen LogP contribution in [0.15, 0.2) is 29.2 Å². The van der Waals surface area contributed by atoms with Gasteiger partial charge in [-0.3, -0.25) is 9.59 Å². The van der Waals surface area contributed by atoms with Crippen LogP contribution in [0, 0.1) is 5.92 Å². The van der Waals surface area contributed by atoms with Crippen LogP contribution in [-0.2, 0) is 24.3 Å². The van der Waals surface area contributed by atoms with Gasteiger partial charge in [0.25, 0.3) is 5.91 Å². The van der Waals surface area contributed by atoms with E-state index in [1.54, 1.807) is 27.7 Å². The zero-order valence-corrected chi connectivity index (χ0v) is 15.3. The molecule has 0 saturated heterocycles. The largest absolute Gasteiger partial charge is 0.452 e. The Bertz CT molecular complexity index is 681. The monoisotopic (exact) mass is 356 g/mol. The smallest absolute Gasteiger partial charge is 0.309 e. The molecule has 0 spiro atoms. The van der Waals surface area contributed by atoms with E-state index in [2.05, 4.69) is 10.0 Å². The second-order valence-corrected chi connectivity index (χ2v) is 7.74. The van der Waals surface area contributed by atoms with Crippen LogP contribution in [-0.4, -0.2) is 32.4 Å². The highest BCUT2D eigenvalue weighted by atomic mass is 32.2. The van der Waals surface area contributed by atoms with E-state index in [-0.39, 0.29) is 16.9 Å². The minimum atomic E-state index is -3.58. The number of rotatable bonds is 7. The quantitative estimate of drug-likeness (QED) is 0.727. The summed E-state index contributed by atoms with van der Waals surface area (Å²) >= 11 is 0. The molecule has 1 rings (SSSR count). The number of ether oxygens (including phenoxy) is 1. The molecule has 7 nitrogen and oxygen atoms in total. The van der Waals surface area contributed by atoms with Gasteiger partial charge in [0.05, 0.1) is 10.8 Å². The maximum absolute atomic E-state index is 12.0. The van der Waals surface area contributed by atoms with E-state index < -0.39 is 28.0 Å². The van der Waals surface area contributed by atoms with Gasteiger partial charge in [0.2, 0.25) is 10.0 Å². The van der Waals surface area contributed by atoms with E-state index in [9.17, 15) is 18.0 Å². The third-order valence-electron chi connectivity index (χ3n) is 2.96. The minimum absolute atomic E-state index is 0.105. The van der Waals surface area contributed by atoms with Crippen LogP contribution in [0.1, 0.15) is 34.6 Å². The second-order valence-electron chi connectivity index (χ2n) is 6.02. The van der Waals surface area contributed by atoms with E-state index in [1.807, 2.05) is 0 Å². The first-order valence-electron chi connectivity index (χ1n) is 7.66. The lowest BCUT2D eigenvalue weighted by molar-refractivity contribution is -0.156. The van der Waals surface area contributed by atoms with Gasteiger partial charge >= 0.3 is 5.97 Å². The van der Waals surface area contributed by atoms with Crippen molar-refractivity contribution >= 4 is 27.6 Å². The van der Waals surface area contributed by atoms with E-state index in [1.165, 1.54) is 31.2 Å². The molecule has 0 radical (unpaired) electrons. The summed E-state index contributed by atoms with van der Waals surface area (Å²) in [6.07, 6.45) is -0.939. The molecule has 2 N–H and O–H groups in total. The number of benzene rings is 1. The lowest BCUT2D eigenvalue weighted by Crippen LogP contribution is -2.31. The molecule has 0 aliphatic heterocycles. The van der Waals surface area contributed by atoms with Gasteiger partial charge in [-0.25, -0.2) is 13.1 Å². The molecule has 0 heterocycles. The molecule has 0 aromatic heterocycles. The molecule has 0 aliphatic carbocycles. The highest BCUT2D eigenvalue weighted by molar-refractivity contribution is 7.89. The van der Waals surface area contributed by atoms with Crippen LogP contribution in [0.3, 0.4) is 0 Å². The number of hydrogen-bond donors (Lipinski definition) is 2. The van der Waals surface area contributed by atoms with Crippen LogP contribution in [0.4, 0.5) is 5.69 Å². The Labute approximate surface area is 142 Å². The lowest BCUT2D eigenvalue weighted by Gasteiger charge is -2.15. The molecule has 1 aromatic carbocycles. The summed E-state index contributed by atoms with van der Waals surface area (Å²) in [6.45, 7) is 8.29. The lowest BCUT2D eigenvalue weighted by atomic mass is 10.2. The third kappa shape index (κ3) is 5.93. The van der Waals surface area contributed by atoms with Crippen molar-refractivity contribution < 1.29 is 22.7 Å². The molecule has 24 heavy (non-hydrogen) atoms. The number of sulfonamides is 1. The highest BCUT2D eigenvalue weighted by Gasteiger charge is 2.20. The molecule has 8 heteroatoms. The average molecular weight is 356 g/mol. The Morgan fingerprint density at radius 3 is 2.00 bits per heavy atom. The van der Waals surface area contributed by atoms with Gasteiger partial charge in [-0.2, -0.15) is 0 Å². The number of esters is 1. The SMILES string of the molecule is CC(C)NS(=O)(=O)c1ccc(NC(=O)[C@@H](C)OC(=O)C(C)C)cc1. The fourth-order valence-electron chi connectivity index (χ4n) is 1.70. The second kappa shape index (κ2) is 8.25. The molecule has 134 valence electrons. The number of amides is 1. The molecule has 1 aromatic rings.